The standard InChI is InChI=1S/C19H35NO/c1-19(2,3)16-7-6-14(12-20-17-8-9-17)18(11-16)15-5-4-10-21-13-15/h14-18,20H,4-13H2,1-3H3. The summed E-state index contributed by atoms with van der Waals surface area (Å²) in [4.78, 5) is 0. The summed E-state index contributed by atoms with van der Waals surface area (Å²) >= 11 is 0. The lowest BCUT2D eigenvalue weighted by atomic mass is 9.62. The van der Waals surface area contributed by atoms with Crippen LogP contribution in [0.25, 0.3) is 0 Å². The number of nitrogens with one attached hydrogen (secondary N) is 1. The van der Waals surface area contributed by atoms with E-state index in [1.165, 1.54) is 51.5 Å². The van der Waals surface area contributed by atoms with E-state index in [0.29, 0.717) is 5.41 Å². The summed E-state index contributed by atoms with van der Waals surface area (Å²) in [5.41, 5.74) is 0.475. The van der Waals surface area contributed by atoms with E-state index in [2.05, 4.69) is 26.1 Å². The van der Waals surface area contributed by atoms with Crippen LogP contribution in [0.2, 0.25) is 0 Å². The largest absolute Gasteiger partial charge is 0.381 e. The van der Waals surface area contributed by atoms with Crippen LogP contribution in [0, 0.1) is 29.1 Å². The van der Waals surface area contributed by atoms with Crippen LogP contribution in [0.15, 0.2) is 0 Å². The van der Waals surface area contributed by atoms with Crippen molar-refractivity contribution in [2.45, 2.75) is 71.8 Å². The fourth-order valence-electron chi connectivity index (χ4n) is 4.59. The summed E-state index contributed by atoms with van der Waals surface area (Å²) in [6, 6.07) is 0.855. The van der Waals surface area contributed by atoms with E-state index in [1.807, 2.05) is 0 Å². The molecule has 0 bridgehead atoms. The lowest BCUT2D eigenvalue weighted by Crippen LogP contribution is -2.42. The van der Waals surface area contributed by atoms with Crippen LogP contribution in [0.3, 0.4) is 0 Å². The molecule has 1 N–H and O–H groups in total. The Morgan fingerprint density at radius 3 is 2.48 bits per heavy atom. The summed E-state index contributed by atoms with van der Waals surface area (Å²) < 4.78 is 5.82. The van der Waals surface area contributed by atoms with Gasteiger partial charge in [-0.25, -0.2) is 0 Å². The zero-order chi connectivity index (χ0) is 14.9. The molecule has 0 radical (unpaired) electrons. The van der Waals surface area contributed by atoms with Gasteiger partial charge in [0.2, 0.25) is 0 Å². The maximum absolute atomic E-state index is 5.82. The van der Waals surface area contributed by atoms with E-state index in [-0.39, 0.29) is 0 Å². The van der Waals surface area contributed by atoms with Gasteiger partial charge in [0.1, 0.15) is 0 Å². The average molecular weight is 293 g/mol. The van der Waals surface area contributed by atoms with E-state index in [9.17, 15) is 0 Å². The maximum atomic E-state index is 5.82. The molecule has 0 aromatic heterocycles. The van der Waals surface area contributed by atoms with Crippen molar-refractivity contribution in [1.82, 2.24) is 5.32 Å². The van der Waals surface area contributed by atoms with Crippen LogP contribution in [-0.2, 0) is 4.74 Å². The van der Waals surface area contributed by atoms with Crippen LogP contribution >= 0.6 is 0 Å². The zero-order valence-corrected chi connectivity index (χ0v) is 14.4. The van der Waals surface area contributed by atoms with Crippen LogP contribution in [0.4, 0.5) is 0 Å². The Hall–Kier alpha value is -0.0800. The van der Waals surface area contributed by atoms with Gasteiger partial charge >= 0.3 is 0 Å². The van der Waals surface area contributed by atoms with E-state index < -0.39 is 0 Å². The highest BCUT2D eigenvalue weighted by molar-refractivity contribution is 4.91. The van der Waals surface area contributed by atoms with E-state index in [4.69, 9.17) is 4.74 Å². The topological polar surface area (TPSA) is 21.3 Å². The van der Waals surface area contributed by atoms with Crippen molar-refractivity contribution in [2.24, 2.45) is 29.1 Å². The van der Waals surface area contributed by atoms with E-state index >= 15 is 0 Å². The van der Waals surface area contributed by atoms with Crippen molar-refractivity contribution >= 4 is 0 Å². The van der Waals surface area contributed by atoms with Crippen molar-refractivity contribution in [1.29, 1.82) is 0 Å². The molecule has 2 nitrogen and oxygen atoms in total. The van der Waals surface area contributed by atoms with Crippen molar-refractivity contribution < 1.29 is 4.74 Å². The maximum Gasteiger partial charge on any atom is 0.0497 e. The normalized spacial score (nSPS) is 38.4. The molecule has 21 heavy (non-hydrogen) atoms. The highest BCUT2D eigenvalue weighted by atomic mass is 16.5. The van der Waals surface area contributed by atoms with Gasteiger partial charge in [0.25, 0.3) is 0 Å². The van der Waals surface area contributed by atoms with Gasteiger partial charge in [-0.1, -0.05) is 20.8 Å². The van der Waals surface area contributed by atoms with Crippen LogP contribution in [-0.4, -0.2) is 25.8 Å². The second kappa shape index (κ2) is 6.58. The molecule has 0 aromatic rings. The third-order valence-corrected chi connectivity index (χ3v) is 6.32. The molecule has 3 fully saturated rings. The summed E-state index contributed by atoms with van der Waals surface area (Å²) in [6.07, 6.45) is 9.82. The quantitative estimate of drug-likeness (QED) is 0.837. The van der Waals surface area contributed by atoms with Gasteiger partial charge < -0.3 is 10.1 Å². The Labute approximate surface area is 131 Å². The molecule has 122 valence electrons. The Bertz CT molecular complexity index is 325. The molecular formula is C19H35NO. The molecule has 3 rings (SSSR count). The molecule has 2 saturated carbocycles. The highest BCUT2D eigenvalue weighted by Gasteiger charge is 2.40. The molecule has 3 aliphatic rings. The second-order valence-electron chi connectivity index (χ2n) is 8.96. The van der Waals surface area contributed by atoms with Crippen molar-refractivity contribution in [3.8, 4) is 0 Å². The van der Waals surface area contributed by atoms with Gasteiger partial charge in [0.05, 0.1) is 0 Å². The number of rotatable bonds is 4. The Balaban J connectivity index is 1.63. The van der Waals surface area contributed by atoms with Gasteiger partial charge in [-0.3, -0.25) is 0 Å². The highest BCUT2D eigenvalue weighted by Crippen LogP contribution is 2.46. The minimum absolute atomic E-state index is 0.475. The molecule has 1 saturated heterocycles. The Morgan fingerprint density at radius 1 is 1.05 bits per heavy atom. The third-order valence-electron chi connectivity index (χ3n) is 6.32. The zero-order valence-electron chi connectivity index (χ0n) is 14.4. The fourth-order valence-corrected chi connectivity index (χ4v) is 4.59. The van der Waals surface area contributed by atoms with Gasteiger partial charge in [-0.15, -0.1) is 0 Å². The molecule has 2 aliphatic carbocycles. The lowest BCUT2D eigenvalue weighted by molar-refractivity contribution is -0.0152. The number of hydrogen-bond acceptors (Lipinski definition) is 2. The van der Waals surface area contributed by atoms with Crippen molar-refractivity contribution in [2.75, 3.05) is 19.8 Å². The predicted octanol–water partition coefficient (Wildman–Crippen LogP) is 4.24. The van der Waals surface area contributed by atoms with Gasteiger partial charge in [-0.05, 0) is 80.6 Å². The van der Waals surface area contributed by atoms with Gasteiger partial charge in [-0.2, -0.15) is 0 Å². The lowest BCUT2D eigenvalue weighted by Gasteiger charge is -2.45. The van der Waals surface area contributed by atoms with Gasteiger partial charge in [0.15, 0.2) is 0 Å². The molecule has 0 amide bonds. The van der Waals surface area contributed by atoms with E-state index in [1.54, 1.807) is 0 Å². The first-order chi connectivity index (χ1) is 10.0. The minimum atomic E-state index is 0.475. The molecule has 1 aliphatic heterocycles. The fraction of sp³-hybridized carbons (Fsp3) is 1.00. The van der Waals surface area contributed by atoms with Crippen molar-refractivity contribution in [3.05, 3.63) is 0 Å². The summed E-state index contributed by atoms with van der Waals surface area (Å²) in [5, 5.41) is 3.81. The monoisotopic (exact) mass is 293 g/mol. The summed E-state index contributed by atoms with van der Waals surface area (Å²) in [6.45, 7) is 10.6. The number of ether oxygens (including phenoxy) is 1. The molecule has 0 aromatic carbocycles. The molecule has 4 unspecified atom stereocenters. The Morgan fingerprint density at radius 2 is 1.86 bits per heavy atom. The SMILES string of the molecule is CC(C)(C)C1CCC(CNC2CC2)C(C2CCCOC2)C1. The first kappa shape index (κ1) is 15.8. The first-order valence-electron chi connectivity index (χ1n) is 9.35. The van der Waals surface area contributed by atoms with Crippen molar-refractivity contribution in [3.63, 3.8) is 0 Å². The molecule has 0 spiro atoms. The smallest absolute Gasteiger partial charge is 0.0497 e. The predicted molar refractivity (Wildman–Crippen MR) is 88.3 cm³/mol. The summed E-state index contributed by atoms with van der Waals surface area (Å²) in [5.74, 6) is 3.53. The molecule has 2 heteroatoms. The average Bonchev–Trinajstić information content (AvgIpc) is 3.29. The van der Waals surface area contributed by atoms with E-state index in [0.717, 1.165) is 42.9 Å². The molecule has 4 atom stereocenters. The van der Waals surface area contributed by atoms with Crippen LogP contribution in [0.5, 0.6) is 0 Å². The minimum Gasteiger partial charge on any atom is -0.381 e. The van der Waals surface area contributed by atoms with Gasteiger partial charge in [0, 0.05) is 19.3 Å². The molecule has 1 heterocycles. The summed E-state index contributed by atoms with van der Waals surface area (Å²) in [7, 11) is 0. The first-order valence-corrected chi connectivity index (χ1v) is 9.35. The molecular weight excluding hydrogens is 258 g/mol. The Kier molecular flexibility index (Phi) is 4.95. The number of hydrogen-bond donors (Lipinski definition) is 1. The van der Waals surface area contributed by atoms with Crippen LogP contribution in [0.1, 0.15) is 65.7 Å². The third kappa shape index (κ3) is 4.22. The second-order valence-corrected chi connectivity index (χ2v) is 8.96. The van der Waals surface area contributed by atoms with Crippen LogP contribution < -0.4 is 5.32 Å².